The van der Waals surface area contributed by atoms with E-state index in [1.165, 1.54) is 0 Å². The molecule has 0 saturated heterocycles. The quantitative estimate of drug-likeness (QED) is 0.907. The van der Waals surface area contributed by atoms with Crippen LogP contribution in [0.25, 0.3) is 0 Å². The van der Waals surface area contributed by atoms with Crippen molar-refractivity contribution in [1.29, 1.82) is 0 Å². The molecule has 0 atom stereocenters. The lowest BCUT2D eigenvalue weighted by atomic mass is 9.99. The maximum atomic E-state index is 12.4. The van der Waals surface area contributed by atoms with Crippen LogP contribution in [0.3, 0.4) is 0 Å². The van der Waals surface area contributed by atoms with Gasteiger partial charge in [-0.15, -0.1) is 0 Å². The Kier molecular flexibility index (Phi) is 4.61. The molecule has 4 heteroatoms. The fourth-order valence-corrected chi connectivity index (χ4v) is 2.61. The third kappa shape index (κ3) is 3.73. The molecule has 0 radical (unpaired) electrons. The Morgan fingerprint density at radius 1 is 1.00 bits per heavy atom. The lowest BCUT2D eigenvalue weighted by Gasteiger charge is -2.12. The van der Waals surface area contributed by atoms with Gasteiger partial charge in [0, 0.05) is 11.3 Å². The lowest BCUT2D eigenvalue weighted by Crippen LogP contribution is -2.15. The van der Waals surface area contributed by atoms with Gasteiger partial charge in [-0.2, -0.15) is 0 Å². The SMILES string of the molecule is Cc1cc(C)c(C(=O)Nc2ccc(CC(=O)O)cc2)c(C)c1. The topological polar surface area (TPSA) is 66.4 Å². The van der Waals surface area contributed by atoms with Crippen LogP contribution in [-0.4, -0.2) is 17.0 Å². The van der Waals surface area contributed by atoms with Gasteiger partial charge < -0.3 is 10.4 Å². The molecule has 0 aliphatic carbocycles. The van der Waals surface area contributed by atoms with Gasteiger partial charge in [-0.05, 0) is 49.6 Å². The monoisotopic (exact) mass is 297 g/mol. The first-order valence-corrected chi connectivity index (χ1v) is 7.07. The number of aliphatic carboxylic acids is 1. The molecule has 2 aromatic carbocycles. The molecule has 0 heterocycles. The van der Waals surface area contributed by atoms with E-state index >= 15 is 0 Å². The number of nitrogens with one attached hydrogen (secondary N) is 1. The smallest absolute Gasteiger partial charge is 0.307 e. The number of carbonyl (C=O) groups excluding carboxylic acids is 1. The van der Waals surface area contributed by atoms with Crippen molar-refractivity contribution < 1.29 is 14.7 Å². The highest BCUT2D eigenvalue weighted by molar-refractivity contribution is 6.06. The zero-order valence-electron chi connectivity index (χ0n) is 12.9. The molecule has 1 amide bonds. The Bertz CT molecular complexity index is 695. The van der Waals surface area contributed by atoms with E-state index in [0.29, 0.717) is 16.8 Å². The highest BCUT2D eigenvalue weighted by atomic mass is 16.4. The zero-order valence-corrected chi connectivity index (χ0v) is 12.9. The van der Waals surface area contributed by atoms with E-state index in [4.69, 9.17) is 5.11 Å². The molecule has 0 unspecified atom stereocenters. The molecule has 2 rings (SSSR count). The van der Waals surface area contributed by atoms with Gasteiger partial charge in [-0.25, -0.2) is 0 Å². The van der Waals surface area contributed by atoms with Crippen LogP contribution in [0.15, 0.2) is 36.4 Å². The maximum Gasteiger partial charge on any atom is 0.307 e. The molecular weight excluding hydrogens is 278 g/mol. The predicted molar refractivity (Wildman–Crippen MR) is 86.4 cm³/mol. The molecule has 0 spiro atoms. The highest BCUT2D eigenvalue weighted by Crippen LogP contribution is 2.19. The second kappa shape index (κ2) is 6.43. The molecule has 0 aliphatic rings. The third-order valence-electron chi connectivity index (χ3n) is 3.47. The summed E-state index contributed by atoms with van der Waals surface area (Å²) in [6, 6.07) is 10.8. The van der Waals surface area contributed by atoms with Crippen molar-refractivity contribution in [3.05, 3.63) is 64.2 Å². The Labute approximate surface area is 129 Å². The Morgan fingerprint density at radius 2 is 1.55 bits per heavy atom. The van der Waals surface area contributed by atoms with E-state index < -0.39 is 5.97 Å². The Morgan fingerprint density at radius 3 is 2.05 bits per heavy atom. The van der Waals surface area contributed by atoms with E-state index in [1.807, 2.05) is 32.9 Å². The second-order valence-electron chi connectivity index (χ2n) is 5.50. The Balaban J connectivity index is 2.17. The number of carboxylic acid groups (broad SMARTS) is 1. The molecule has 0 saturated carbocycles. The summed E-state index contributed by atoms with van der Waals surface area (Å²) in [5.41, 5.74) is 5.05. The highest BCUT2D eigenvalue weighted by Gasteiger charge is 2.13. The molecule has 0 fully saturated rings. The van der Waals surface area contributed by atoms with Crippen molar-refractivity contribution in [1.82, 2.24) is 0 Å². The molecule has 22 heavy (non-hydrogen) atoms. The minimum absolute atomic E-state index is 0.0234. The number of benzene rings is 2. The summed E-state index contributed by atoms with van der Waals surface area (Å²) < 4.78 is 0. The van der Waals surface area contributed by atoms with Gasteiger partial charge >= 0.3 is 5.97 Å². The summed E-state index contributed by atoms with van der Waals surface area (Å²) in [4.78, 5) is 23.1. The van der Waals surface area contributed by atoms with E-state index in [-0.39, 0.29) is 12.3 Å². The molecule has 4 nitrogen and oxygen atoms in total. The number of anilines is 1. The second-order valence-corrected chi connectivity index (χ2v) is 5.50. The lowest BCUT2D eigenvalue weighted by molar-refractivity contribution is -0.136. The number of carbonyl (C=O) groups is 2. The first kappa shape index (κ1) is 15.8. The Hall–Kier alpha value is -2.62. The summed E-state index contributed by atoms with van der Waals surface area (Å²) in [7, 11) is 0. The van der Waals surface area contributed by atoms with E-state index in [1.54, 1.807) is 24.3 Å². The average Bonchev–Trinajstić information content (AvgIpc) is 2.39. The van der Waals surface area contributed by atoms with Gasteiger partial charge in [0.05, 0.1) is 6.42 Å². The molecule has 114 valence electrons. The van der Waals surface area contributed by atoms with Gasteiger partial charge in [0.25, 0.3) is 5.91 Å². The maximum absolute atomic E-state index is 12.4. The molecule has 0 aromatic heterocycles. The van der Waals surface area contributed by atoms with E-state index in [9.17, 15) is 9.59 Å². The molecule has 0 bridgehead atoms. The van der Waals surface area contributed by atoms with Crippen LogP contribution in [0.4, 0.5) is 5.69 Å². The predicted octanol–water partition coefficient (Wildman–Crippen LogP) is 3.49. The van der Waals surface area contributed by atoms with Crippen LogP contribution >= 0.6 is 0 Å². The number of rotatable bonds is 4. The summed E-state index contributed by atoms with van der Waals surface area (Å²) in [6.07, 6.45) is -0.0234. The summed E-state index contributed by atoms with van der Waals surface area (Å²) in [6.45, 7) is 5.85. The van der Waals surface area contributed by atoms with Gasteiger partial charge in [-0.1, -0.05) is 29.8 Å². The van der Waals surface area contributed by atoms with Crippen LogP contribution in [0.1, 0.15) is 32.6 Å². The van der Waals surface area contributed by atoms with Crippen molar-refractivity contribution in [2.45, 2.75) is 27.2 Å². The van der Waals surface area contributed by atoms with Gasteiger partial charge in [0.2, 0.25) is 0 Å². The molecule has 2 N–H and O–H groups in total. The van der Waals surface area contributed by atoms with E-state index in [0.717, 1.165) is 16.7 Å². The number of hydrogen-bond acceptors (Lipinski definition) is 2. The number of amides is 1. The summed E-state index contributed by atoms with van der Waals surface area (Å²) >= 11 is 0. The fourth-order valence-electron chi connectivity index (χ4n) is 2.61. The van der Waals surface area contributed by atoms with Gasteiger partial charge in [0.15, 0.2) is 0 Å². The zero-order chi connectivity index (χ0) is 16.3. The van der Waals surface area contributed by atoms with Crippen LogP contribution in [0.5, 0.6) is 0 Å². The largest absolute Gasteiger partial charge is 0.481 e. The minimum Gasteiger partial charge on any atom is -0.481 e. The standard InChI is InChI=1S/C18H19NO3/c1-11-8-12(2)17(13(3)9-11)18(22)19-15-6-4-14(5-7-15)10-16(20)21/h4-9H,10H2,1-3H3,(H,19,22)(H,20,21). The van der Waals surface area contributed by atoms with Crippen LogP contribution in [-0.2, 0) is 11.2 Å². The van der Waals surface area contributed by atoms with Crippen molar-refractivity contribution >= 4 is 17.6 Å². The first-order chi connectivity index (χ1) is 10.4. The van der Waals surface area contributed by atoms with Gasteiger partial charge in [0.1, 0.15) is 0 Å². The molecule has 2 aromatic rings. The average molecular weight is 297 g/mol. The van der Waals surface area contributed by atoms with Crippen LogP contribution < -0.4 is 5.32 Å². The first-order valence-electron chi connectivity index (χ1n) is 7.07. The summed E-state index contributed by atoms with van der Waals surface area (Å²) in [5.74, 6) is -1.02. The minimum atomic E-state index is -0.873. The van der Waals surface area contributed by atoms with Crippen molar-refractivity contribution in [2.75, 3.05) is 5.32 Å². The van der Waals surface area contributed by atoms with Crippen molar-refractivity contribution in [3.8, 4) is 0 Å². The molecular formula is C18H19NO3. The fraction of sp³-hybridized carbons (Fsp3) is 0.222. The van der Waals surface area contributed by atoms with E-state index in [2.05, 4.69) is 5.32 Å². The number of carboxylic acids is 1. The third-order valence-corrected chi connectivity index (χ3v) is 3.47. The normalized spacial score (nSPS) is 10.3. The molecule has 0 aliphatic heterocycles. The van der Waals surface area contributed by atoms with Crippen LogP contribution in [0.2, 0.25) is 0 Å². The summed E-state index contributed by atoms with van der Waals surface area (Å²) in [5, 5.41) is 11.6. The van der Waals surface area contributed by atoms with Crippen molar-refractivity contribution in [3.63, 3.8) is 0 Å². The number of hydrogen-bond donors (Lipinski definition) is 2. The van der Waals surface area contributed by atoms with Gasteiger partial charge in [-0.3, -0.25) is 9.59 Å². The number of aryl methyl sites for hydroxylation is 3. The van der Waals surface area contributed by atoms with Crippen molar-refractivity contribution in [2.24, 2.45) is 0 Å². The van der Waals surface area contributed by atoms with Crippen LogP contribution in [0, 0.1) is 20.8 Å².